The second-order valence-corrected chi connectivity index (χ2v) is 6.84. The Morgan fingerprint density at radius 3 is 2.75 bits per heavy atom. The first-order chi connectivity index (χ1) is 9.37. The van der Waals surface area contributed by atoms with Gasteiger partial charge in [0.15, 0.2) is 0 Å². The number of ether oxygens (including phenoxy) is 1. The zero-order valence-electron chi connectivity index (χ0n) is 12.3. The van der Waals surface area contributed by atoms with Crippen molar-refractivity contribution in [2.75, 3.05) is 27.2 Å². The fourth-order valence-corrected chi connectivity index (χ4v) is 3.94. The van der Waals surface area contributed by atoms with Gasteiger partial charge in [-0.3, -0.25) is 4.68 Å². The van der Waals surface area contributed by atoms with E-state index in [2.05, 4.69) is 9.82 Å². The van der Waals surface area contributed by atoms with E-state index in [4.69, 9.17) is 4.74 Å². The largest absolute Gasteiger partial charge is 0.378 e. The smallest absolute Gasteiger partial charge is 0.244 e. The van der Waals surface area contributed by atoms with Crippen molar-refractivity contribution in [2.24, 2.45) is 0 Å². The molecule has 1 saturated heterocycles. The molecule has 1 aromatic heterocycles. The van der Waals surface area contributed by atoms with Crippen LogP contribution in [0, 0.1) is 6.92 Å². The molecule has 0 aromatic carbocycles. The molecule has 114 valence electrons. The second-order valence-electron chi connectivity index (χ2n) is 5.16. The van der Waals surface area contributed by atoms with Crippen LogP contribution in [-0.2, 0) is 21.3 Å². The number of likely N-dealkylation sites (N-methyl/N-ethyl adjacent to an activating group) is 1. The standard InChI is InChI=1S/C12H22N4O3S/c1-5-16-8-12(9(2)13-16)20(17,18)14-10-6-15(3)7-11(10)19-4/h8,10-11,14H,5-7H2,1-4H3/t10-,11-/m0/s1. The van der Waals surface area contributed by atoms with Crippen molar-refractivity contribution in [3.05, 3.63) is 11.9 Å². The molecule has 0 radical (unpaired) electrons. The lowest BCUT2D eigenvalue weighted by Gasteiger charge is -2.18. The van der Waals surface area contributed by atoms with E-state index in [9.17, 15) is 8.42 Å². The summed E-state index contributed by atoms with van der Waals surface area (Å²) in [6.45, 7) is 5.62. The Bertz CT molecular complexity index is 569. The number of rotatable bonds is 5. The topological polar surface area (TPSA) is 76.5 Å². The Morgan fingerprint density at radius 2 is 2.20 bits per heavy atom. The number of nitrogens with one attached hydrogen (secondary N) is 1. The van der Waals surface area contributed by atoms with Gasteiger partial charge in [0.25, 0.3) is 0 Å². The van der Waals surface area contributed by atoms with Crippen LogP contribution in [-0.4, -0.2) is 62.5 Å². The van der Waals surface area contributed by atoms with Crippen LogP contribution in [0.2, 0.25) is 0 Å². The predicted molar refractivity (Wildman–Crippen MR) is 75.0 cm³/mol. The molecule has 0 aliphatic carbocycles. The number of hydrogen-bond acceptors (Lipinski definition) is 5. The summed E-state index contributed by atoms with van der Waals surface area (Å²) in [4.78, 5) is 2.28. The third-order valence-corrected chi connectivity index (χ3v) is 5.17. The minimum atomic E-state index is -3.57. The monoisotopic (exact) mass is 302 g/mol. The van der Waals surface area contributed by atoms with E-state index >= 15 is 0 Å². The molecule has 8 heteroatoms. The van der Waals surface area contributed by atoms with Crippen molar-refractivity contribution >= 4 is 10.0 Å². The fraction of sp³-hybridized carbons (Fsp3) is 0.750. The third kappa shape index (κ3) is 3.03. The highest BCUT2D eigenvalue weighted by Crippen LogP contribution is 2.17. The summed E-state index contributed by atoms with van der Waals surface area (Å²) in [5.74, 6) is 0. The molecule has 0 saturated carbocycles. The fourth-order valence-electron chi connectivity index (χ4n) is 2.50. The molecule has 1 aliphatic heterocycles. The summed E-state index contributed by atoms with van der Waals surface area (Å²) >= 11 is 0. The Kier molecular flexibility index (Phi) is 4.48. The maximum Gasteiger partial charge on any atom is 0.244 e. The highest BCUT2D eigenvalue weighted by Gasteiger charge is 2.35. The van der Waals surface area contributed by atoms with Crippen LogP contribution >= 0.6 is 0 Å². The summed E-state index contributed by atoms with van der Waals surface area (Å²) in [6, 6.07) is -0.237. The number of sulfonamides is 1. The molecule has 0 spiro atoms. The lowest BCUT2D eigenvalue weighted by atomic mass is 10.2. The maximum absolute atomic E-state index is 12.5. The highest BCUT2D eigenvalue weighted by atomic mass is 32.2. The van der Waals surface area contributed by atoms with Gasteiger partial charge in [0.05, 0.1) is 17.8 Å². The molecule has 20 heavy (non-hydrogen) atoms. The first kappa shape index (κ1) is 15.4. The van der Waals surface area contributed by atoms with E-state index in [0.717, 1.165) is 6.54 Å². The van der Waals surface area contributed by atoms with Gasteiger partial charge in [0.1, 0.15) is 4.90 Å². The Morgan fingerprint density at radius 1 is 1.50 bits per heavy atom. The van der Waals surface area contributed by atoms with E-state index < -0.39 is 10.0 Å². The number of likely N-dealkylation sites (tertiary alicyclic amines) is 1. The number of aromatic nitrogens is 2. The number of hydrogen-bond donors (Lipinski definition) is 1. The van der Waals surface area contributed by atoms with Gasteiger partial charge < -0.3 is 9.64 Å². The van der Waals surface area contributed by atoms with Gasteiger partial charge in [-0.2, -0.15) is 5.10 Å². The maximum atomic E-state index is 12.5. The van der Waals surface area contributed by atoms with Crippen LogP contribution in [0.5, 0.6) is 0 Å². The van der Waals surface area contributed by atoms with Gasteiger partial charge in [-0.05, 0) is 20.9 Å². The molecular weight excluding hydrogens is 280 g/mol. The van der Waals surface area contributed by atoms with Crippen molar-refractivity contribution in [1.29, 1.82) is 0 Å². The highest BCUT2D eigenvalue weighted by molar-refractivity contribution is 7.89. The molecular formula is C12H22N4O3S. The minimum absolute atomic E-state index is 0.128. The third-order valence-electron chi connectivity index (χ3n) is 3.57. The first-order valence-electron chi connectivity index (χ1n) is 6.65. The van der Waals surface area contributed by atoms with Gasteiger partial charge in [-0.15, -0.1) is 0 Å². The van der Waals surface area contributed by atoms with Crippen LogP contribution in [0.15, 0.2) is 11.1 Å². The lowest BCUT2D eigenvalue weighted by molar-refractivity contribution is 0.0969. The Hall–Kier alpha value is -0.960. The zero-order valence-corrected chi connectivity index (χ0v) is 13.1. The first-order valence-corrected chi connectivity index (χ1v) is 8.13. The van der Waals surface area contributed by atoms with Crippen molar-refractivity contribution in [1.82, 2.24) is 19.4 Å². The summed E-state index contributed by atoms with van der Waals surface area (Å²) < 4.78 is 34.6. The minimum Gasteiger partial charge on any atom is -0.378 e. The van der Waals surface area contributed by atoms with E-state index in [1.165, 1.54) is 0 Å². The van der Waals surface area contributed by atoms with Gasteiger partial charge in [-0.25, -0.2) is 13.1 Å². The van der Waals surface area contributed by atoms with Gasteiger partial charge in [-0.1, -0.05) is 0 Å². The summed E-state index contributed by atoms with van der Waals surface area (Å²) in [7, 11) is -0.0223. The molecule has 2 atom stereocenters. The lowest BCUT2D eigenvalue weighted by Crippen LogP contribution is -2.43. The quantitative estimate of drug-likeness (QED) is 0.816. The van der Waals surface area contributed by atoms with Crippen LogP contribution in [0.4, 0.5) is 0 Å². The molecule has 2 heterocycles. The summed E-state index contributed by atoms with van der Waals surface area (Å²) in [6.07, 6.45) is 1.44. The Labute approximate surface area is 120 Å². The normalized spacial score (nSPS) is 24.4. The van der Waals surface area contributed by atoms with E-state index in [0.29, 0.717) is 18.8 Å². The van der Waals surface area contributed by atoms with Crippen molar-refractivity contribution in [3.8, 4) is 0 Å². The molecule has 0 amide bonds. The Balaban J connectivity index is 2.20. The molecule has 1 aromatic rings. The number of methoxy groups -OCH3 is 1. The van der Waals surface area contributed by atoms with Crippen LogP contribution in [0.1, 0.15) is 12.6 Å². The van der Waals surface area contributed by atoms with Crippen molar-refractivity contribution < 1.29 is 13.2 Å². The van der Waals surface area contributed by atoms with Crippen molar-refractivity contribution in [2.45, 2.75) is 37.4 Å². The average Bonchev–Trinajstić information content (AvgIpc) is 2.92. The van der Waals surface area contributed by atoms with Crippen LogP contribution in [0.3, 0.4) is 0 Å². The molecule has 1 aliphatic rings. The average molecular weight is 302 g/mol. The number of aryl methyl sites for hydroxylation is 2. The molecule has 1 N–H and O–H groups in total. The summed E-state index contributed by atoms with van der Waals surface area (Å²) in [5, 5.41) is 4.18. The predicted octanol–water partition coefficient (Wildman–Crippen LogP) is -0.181. The van der Waals surface area contributed by atoms with Gasteiger partial charge in [0.2, 0.25) is 10.0 Å². The van der Waals surface area contributed by atoms with Crippen LogP contribution in [0.25, 0.3) is 0 Å². The van der Waals surface area contributed by atoms with Crippen molar-refractivity contribution in [3.63, 3.8) is 0 Å². The van der Waals surface area contributed by atoms with Crippen LogP contribution < -0.4 is 4.72 Å². The second kappa shape index (κ2) is 5.80. The molecule has 1 fully saturated rings. The van der Waals surface area contributed by atoms with E-state index in [-0.39, 0.29) is 17.0 Å². The molecule has 7 nitrogen and oxygen atoms in total. The SMILES string of the molecule is CCn1cc(S(=O)(=O)N[C@H]2CN(C)C[C@@H]2OC)c(C)n1. The molecule has 0 bridgehead atoms. The van der Waals surface area contributed by atoms with Gasteiger partial charge >= 0.3 is 0 Å². The molecule has 0 unspecified atom stereocenters. The molecule has 2 rings (SSSR count). The summed E-state index contributed by atoms with van der Waals surface area (Å²) in [5.41, 5.74) is 0.514. The van der Waals surface area contributed by atoms with E-state index in [1.54, 1.807) is 24.9 Å². The van der Waals surface area contributed by atoms with E-state index in [1.807, 2.05) is 18.9 Å². The number of nitrogens with zero attached hydrogens (tertiary/aromatic N) is 3. The zero-order chi connectivity index (χ0) is 14.9. The van der Waals surface area contributed by atoms with Gasteiger partial charge in [0, 0.05) is 32.9 Å².